The van der Waals surface area contributed by atoms with Gasteiger partial charge in [-0.2, -0.15) is 5.10 Å². The van der Waals surface area contributed by atoms with Crippen LogP contribution in [0.25, 0.3) is 0 Å². The van der Waals surface area contributed by atoms with Crippen LogP contribution in [0.15, 0.2) is 46.2 Å². The molecule has 0 fully saturated rings. The molecule has 0 saturated carbocycles. The van der Waals surface area contributed by atoms with Gasteiger partial charge in [0.15, 0.2) is 5.84 Å². The summed E-state index contributed by atoms with van der Waals surface area (Å²) < 4.78 is 5.26. The number of nitrogens with one attached hydrogen (secondary N) is 2. The highest BCUT2D eigenvalue weighted by molar-refractivity contribution is 6.51. The molecule has 1 aromatic carbocycles. The van der Waals surface area contributed by atoms with E-state index in [1.165, 1.54) is 0 Å². The first kappa shape index (κ1) is 13.8. The Morgan fingerprint density at radius 2 is 2.05 bits per heavy atom. The average Bonchev–Trinajstić information content (AvgIpc) is 2.46. The normalized spacial score (nSPS) is 16.1. The Hall–Kier alpha value is -2.63. The molecule has 1 aliphatic rings. The molecule has 0 bridgehead atoms. The number of para-hydroxylation sites is 2. The van der Waals surface area contributed by atoms with E-state index in [0.29, 0.717) is 17.1 Å². The van der Waals surface area contributed by atoms with Gasteiger partial charge in [-0.3, -0.25) is 5.41 Å². The second kappa shape index (κ2) is 6.01. The number of nitrogens with zero attached hydrogens (tertiary/aromatic N) is 3. The van der Waals surface area contributed by atoms with Crippen LogP contribution in [0.3, 0.4) is 0 Å². The highest BCUT2D eigenvalue weighted by atomic mass is 16.5. The summed E-state index contributed by atoms with van der Waals surface area (Å²) in [4.78, 5) is 1.76. The zero-order valence-electron chi connectivity index (χ0n) is 11.7. The zero-order valence-corrected chi connectivity index (χ0v) is 11.7. The Bertz CT molecular complexity index is 601. The number of hydrogen-bond acceptors (Lipinski definition) is 6. The van der Waals surface area contributed by atoms with Gasteiger partial charge in [0, 0.05) is 25.9 Å². The molecule has 104 valence electrons. The molecule has 6 heteroatoms. The van der Waals surface area contributed by atoms with Crippen molar-refractivity contribution in [3.8, 4) is 5.75 Å². The molecular formula is C14H17N5O. The van der Waals surface area contributed by atoms with Crippen LogP contribution in [0.1, 0.15) is 0 Å². The van der Waals surface area contributed by atoms with Gasteiger partial charge in [-0.25, -0.2) is 0 Å². The highest BCUT2D eigenvalue weighted by Crippen LogP contribution is 2.23. The van der Waals surface area contributed by atoms with Gasteiger partial charge in [-0.05, 0) is 12.1 Å². The second-order valence-corrected chi connectivity index (χ2v) is 4.38. The minimum atomic E-state index is 0.326. The average molecular weight is 271 g/mol. The Labute approximate surface area is 118 Å². The summed E-state index contributed by atoms with van der Waals surface area (Å²) in [6, 6.07) is 7.59. The van der Waals surface area contributed by atoms with E-state index in [1.807, 2.05) is 38.4 Å². The predicted molar refractivity (Wildman–Crippen MR) is 82.0 cm³/mol. The summed E-state index contributed by atoms with van der Waals surface area (Å²) in [5.74, 6) is 1.27. The maximum atomic E-state index is 8.09. The monoisotopic (exact) mass is 271 g/mol. The molecule has 6 nitrogen and oxygen atoms in total. The SMILES string of the molecule is COc1ccccc1N/C=C1/C=NN=C(N(C)C)C1=N. The maximum absolute atomic E-state index is 8.09. The molecule has 2 N–H and O–H groups in total. The van der Waals surface area contributed by atoms with Crippen LogP contribution in [0, 0.1) is 5.41 Å². The first-order chi connectivity index (χ1) is 9.63. The summed E-state index contributed by atoms with van der Waals surface area (Å²) in [5.41, 5.74) is 1.82. The molecule has 0 aliphatic carbocycles. The minimum Gasteiger partial charge on any atom is -0.495 e. The molecule has 1 aliphatic heterocycles. The molecule has 0 amide bonds. The highest BCUT2D eigenvalue weighted by Gasteiger charge is 2.16. The topological polar surface area (TPSA) is 73.1 Å². The van der Waals surface area contributed by atoms with Crippen molar-refractivity contribution in [2.24, 2.45) is 10.2 Å². The lowest BCUT2D eigenvalue weighted by Crippen LogP contribution is -2.32. The fraction of sp³-hybridized carbons (Fsp3) is 0.214. The van der Waals surface area contributed by atoms with Crippen molar-refractivity contribution in [3.05, 3.63) is 36.0 Å². The van der Waals surface area contributed by atoms with Crippen LogP contribution in [0.2, 0.25) is 0 Å². The van der Waals surface area contributed by atoms with E-state index in [1.54, 1.807) is 24.4 Å². The van der Waals surface area contributed by atoms with Gasteiger partial charge in [0.1, 0.15) is 11.5 Å². The molecular weight excluding hydrogens is 254 g/mol. The van der Waals surface area contributed by atoms with Crippen molar-refractivity contribution >= 4 is 23.4 Å². The molecule has 0 aromatic heterocycles. The van der Waals surface area contributed by atoms with Gasteiger partial charge in [-0.1, -0.05) is 12.1 Å². The quantitative estimate of drug-likeness (QED) is 0.882. The summed E-state index contributed by atoms with van der Waals surface area (Å²) in [7, 11) is 5.29. The molecule has 1 heterocycles. The number of ether oxygens (including phenoxy) is 1. The van der Waals surface area contributed by atoms with Crippen molar-refractivity contribution in [3.63, 3.8) is 0 Å². The Balaban J connectivity index is 2.19. The smallest absolute Gasteiger partial charge is 0.176 e. The van der Waals surface area contributed by atoms with Crippen molar-refractivity contribution in [1.29, 1.82) is 5.41 Å². The van der Waals surface area contributed by atoms with Crippen LogP contribution in [0.5, 0.6) is 5.75 Å². The fourth-order valence-electron chi connectivity index (χ4n) is 1.73. The van der Waals surface area contributed by atoms with Crippen molar-refractivity contribution in [2.45, 2.75) is 0 Å². The third-order valence-corrected chi connectivity index (χ3v) is 2.78. The molecule has 0 saturated heterocycles. The number of methoxy groups -OCH3 is 1. The maximum Gasteiger partial charge on any atom is 0.176 e. The molecule has 0 unspecified atom stereocenters. The van der Waals surface area contributed by atoms with Crippen LogP contribution >= 0.6 is 0 Å². The minimum absolute atomic E-state index is 0.326. The molecule has 20 heavy (non-hydrogen) atoms. The fourth-order valence-corrected chi connectivity index (χ4v) is 1.73. The lowest BCUT2D eigenvalue weighted by atomic mass is 10.1. The number of benzene rings is 1. The molecule has 0 atom stereocenters. The second-order valence-electron chi connectivity index (χ2n) is 4.38. The summed E-state index contributed by atoms with van der Waals surface area (Å²) >= 11 is 0. The third-order valence-electron chi connectivity index (χ3n) is 2.78. The van der Waals surface area contributed by atoms with Crippen LogP contribution < -0.4 is 10.1 Å². The number of amidine groups is 1. The van der Waals surface area contributed by atoms with Crippen molar-refractivity contribution in [2.75, 3.05) is 26.5 Å². The Morgan fingerprint density at radius 3 is 2.75 bits per heavy atom. The first-order valence-electron chi connectivity index (χ1n) is 6.11. The number of anilines is 1. The van der Waals surface area contributed by atoms with Gasteiger partial charge in [0.2, 0.25) is 0 Å². The zero-order chi connectivity index (χ0) is 14.5. The van der Waals surface area contributed by atoms with Gasteiger partial charge < -0.3 is 15.0 Å². The summed E-state index contributed by atoms with van der Waals surface area (Å²) in [6.07, 6.45) is 3.28. The van der Waals surface area contributed by atoms with Gasteiger partial charge >= 0.3 is 0 Å². The van der Waals surface area contributed by atoms with E-state index >= 15 is 0 Å². The lowest BCUT2D eigenvalue weighted by molar-refractivity contribution is 0.417. The van der Waals surface area contributed by atoms with E-state index in [2.05, 4.69) is 15.5 Å². The molecule has 2 rings (SSSR count). The van der Waals surface area contributed by atoms with Crippen LogP contribution in [-0.2, 0) is 0 Å². The summed E-state index contributed by atoms with van der Waals surface area (Å²) in [6.45, 7) is 0. The lowest BCUT2D eigenvalue weighted by Gasteiger charge is -2.18. The third kappa shape index (κ3) is 2.85. The predicted octanol–water partition coefficient (Wildman–Crippen LogP) is 1.97. The Morgan fingerprint density at radius 1 is 1.30 bits per heavy atom. The van der Waals surface area contributed by atoms with Crippen LogP contribution in [-0.4, -0.2) is 43.9 Å². The number of rotatable bonds is 3. The van der Waals surface area contributed by atoms with E-state index in [9.17, 15) is 0 Å². The van der Waals surface area contributed by atoms with E-state index < -0.39 is 0 Å². The van der Waals surface area contributed by atoms with Crippen LogP contribution in [0.4, 0.5) is 5.69 Å². The molecule has 0 radical (unpaired) electrons. The summed E-state index contributed by atoms with van der Waals surface area (Å²) in [5, 5.41) is 19.1. The molecule has 0 spiro atoms. The molecule has 1 aromatic rings. The van der Waals surface area contributed by atoms with E-state index in [4.69, 9.17) is 10.1 Å². The van der Waals surface area contributed by atoms with Gasteiger partial charge in [0.05, 0.1) is 19.0 Å². The number of hydrogen-bond donors (Lipinski definition) is 2. The first-order valence-corrected chi connectivity index (χ1v) is 6.11. The standard InChI is InChI=1S/C14H17N5O/c1-19(2)14-13(15)10(9-17-18-14)8-16-11-6-4-5-7-12(11)20-3/h4-9,15-16H,1-3H3/b10-8-,15-13?. The van der Waals surface area contributed by atoms with E-state index in [-0.39, 0.29) is 0 Å². The van der Waals surface area contributed by atoms with Gasteiger partial charge in [0.25, 0.3) is 0 Å². The van der Waals surface area contributed by atoms with Gasteiger partial charge in [-0.15, -0.1) is 5.10 Å². The van der Waals surface area contributed by atoms with Crippen molar-refractivity contribution < 1.29 is 4.74 Å². The Kier molecular flexibility index (Phi) is 4.14. The largest absolute Gasteiger partial charge is 0.495 e. The van der Waals surface area contributed by atoms with Crippen molar-refractivity contribution in [1.82, 2.24) is 4.90 Å². The van der Waals surface area contributed by atoms with E-state index in [0.717, 1.165) is 11.4 Å².